The maximum absolute atomic E-state index is 12.4. The summed E-state index contributed by atoms with van der Waals surface area (Å²) in [6, 6.07) is 7.54. The highest BCUT2D eigenvalue weighted by Gasteiger charge is 2.48. The molecule has 3 heterocycles. The minimum Gasteiger partial charge on any atom is -0.748 e. The van der Waals surface area contributed by atoms with Crippen molar-refractivity contribution < 1.29 is 94.6 Å². The molecule has 27 heteroatoms. The number of rotatable bonds is 29. The predicted octanol–water partition coefficient (Wildman–Crippen LogP) is 1.97. The number of hydrogen-bond acceptors (Lipinski definition) is 21. The van der Waals surface area contributed by atoms with E-state index < -0.39 is 90.4 Å². The van der Waals surface area contributed by atoms with Gasteiger partial charge in [0.15, 0.2) is 12.3 Å². The average Bonchev–Trinajstić information content (AvgIpc) is 3.81. The van der Waals surface area contributed by atoms with Gasteiger partial charge in [-0.2, -0.15) is 4.58 Å². The van der Waals surface area contributed by atoms with E-state index in [1.54, 1.807) is 48.8 Å². The molecule has 2 amide bonds. The highest BCUT2D eigenvalue weighted by Crippen LogP contribution is 2.51. The molecule has 0 bridgehead atoms. The molecule has 3 aliphatic heterocycles. The number of carbonyl (C=O) groups excluding carboxylic acids is 3. The lowest BCUT2D eigenvalue weighted by Gasteiger charge is -2.30. The van der Waals surface area contributed by atoms with E-state index in [-0.39, 0.29) is 91.1 Å². The molecule has 0 spiro atoms. The number of methoxy groups -OCH3 is 1. The number of anilines is 1. The first-order valence-electron chi connectivity index (χ1n) is 22.5. The van der Waals surface area contributed by atoms with Gasteiger partial charge in [-0.3, -0.25) is 9.59 Å². The number of hydroxylamine groups is 2. The molecule has 0 aliphatic carbocycles. The van der Waals surface area contributed by atoms with Crippen LogP contribution in [0.25, 0.3) is 0 Å². The van der Waals surface area contributed by atoms with E-state index in [1.165, 1.54) is 31.4 Å². The molecule has 2 aromatic rings. The summed E-state index contributed by atoms with van der Waals surface area (Å²) >= 11 is 0. The minimum absolute atomic E-state index is 0.0226. The van der Waals surface area contributed by atoms with Gasteiger partial charge >= 0.3 is 5.97 Å². The van der Waals surface area contributed by atoms with Crippen LogP contribution in [0.5, 0.6) is 0 Å². The first-order chi connectivity index (χ1) is 33.7. The second kappa shape index (κ2) is 24.5. The number of imide groups is 1. The van der Waals surface area contributed by atoms with Crippen LogP contribution in [0.15, 0.2) is 82.3 Å². The van der Waals surface area contributed by atoms with Crippen molar-refractivity contribution in [2.45, 2.75) is 79.4 Å². The Kier molecular flexibility index (Phi) is 19.8. The molecule has 0 radical (unpaired) electrons. The average molecular weight is 1090 g/mol. The van der Waals surface area contributed by atoms with E-state index in [1.807, 2.05) is 4.90 Å². The molecule has 72 heavy (non-hydrogen) atoms. The van der Waals surface area contributed by atoms with Crippen molar-refractivity contribution in [1.82, 2.24) is 5.06 Å². The van der Waals surface area contributed by atoms with Crippen LogP contribution in [0.2, 0.25) is 0 Å². The topological polar surface area (TPSA) is 336 Å². The van der Waals surface area contributed by atoms with Gasteiger partial charge in [-0.1, -0.05) is 18.2 Å². The van der Waals surface area contributed by atoms with Crippen LogP contribution in [-0.2, 0) is 89.5 Å². The number of allylic oxidation sites excluding steroid dienone is 6. The number of hydrogen-bond donors (Lipinski definition) is 0. The standard InChI is InChI=1S/C45H59N3O20S4/c1-44(18-7-29-69(52,53)54)35-31-33(71(58,59)60)11-13-37(35)46(20-23-65-22-17-43(51)68-48-41(49)15-16-42(48)50)39(44)9-5-4-6-10-40-45(2,19-8-30-70(55,56)57)36-32-34(72(61,62)63)12-14-38(36)47(40)21-24-66-27-28-67-26-25-64-3/h4-6,9-14,31-32H,7-8,15-30H2,1-3H3,(H3-,52,53,54,55,56,57,58,59,60,61,62,63)/p-3. The first-order valence-corrected chi connectivity index (χ1v) is 28.5. The van der Waals surface area contributed by atoms with Crippen LogP contribution in [-0.4, -0.2) is 163 Å². The summed E-state index contributed by atoms with van der Waals surface area (Å²) in [5.74, 6) is -3.70. The monoisotopic (exact) mass is 1090 g/mol. The van der Waals surface area contributed by atoms with Gasteiger partial charge in [0.25, 0.3) is 11.8 Å². The lowest BCUT2D eigenvalue weighted by Crippen LogP contribution is -2.33. The molecule has 2 aromatic carbocycles. The van der Waals surface area contributed by atoms with E-state index in [9.17, 15) is 66.3 Å². The Morgan fingerprint density at radius 1 is 0.694 bits per heavy atom. The molecular formula is C45H56N3O20S4-3. The number of ether oxygens (including phenoxy) is 4. The van der Waals surface area contributed by atoms with Crippen LogP contribution in [0.3, 0.4) is 0 Å². The number of nitrogens with zero attached hydrogens (tertiary/aromatic N) is 3. The fourth-order valence-electron chi connectivity index (χ4n) is 8.78. The van der Waals surface area contributed by atoms with Gasteiger partial charge in [0, 0.05) is 72.5 Å². The number of fused-ring (bicyclic) bond motifs is 2. The third-order valence-corrected chi connectivity index (χ3v) is 15.5. The normalized spacial score (nSPS) is 20.2. The molecule has 398 valence electrons. The van der Waals surface area contributed by atoms with Gasteiger partial charge in [0.1, 0.15) is 26.8 Å². The fraction of sp³-hybridized carbons (Fsp3) is 0.511. The van der Waals surface area contributed by atoms with Crippen LogP contribution in [0.1, 0.15) is 69.9 Å². The Balaban J connectivity index is 1.51. The highest BCUT2D eigenvalue weighted by molar-refractivity contribution is 7.86. The lowest BCUT2D eigenvalue weighted by molar-refractivity contribution is -0.442. The van der Waals surface area contributed by atoms with Gasteiger partial charge in [0.2, 0.25) is 5.69 Å². The van der Waals surface area contributed by atoms with Gasteiger partial charge < -0.3 is 46.9 Å². The Bertz CT molecular complexity index is 2920. The van der Waals surface area contributed by atoms with E-state index in [0.29, 0.717) is 52.2 Å². The number of carbonyl (C=O) groups is 3. The van der Waals surface area contributed by atoms with Crippen molar-refractivity contribution in [3.63, 3.8) is 0 Å². The molecule has 23 nitrogen and oxygen atoms in total. The second-order valence-electron chi connectivity index (χ2n) is 17.3. The third-order valence-electron chi connectivity index (χ3n) is 12.2. The zero-order valence-electron chi connectivity index (χ0n) is 39.7. The lowest BCUT2D eigenvalue weighted by atomic mass is 9.76. The summed E-state index contributed by atoms with van der Waals surface area (Å²) in [7, 11) is -17.8. The predicted molar refractivity (Wildman–Crippen MR) is 251 cm³/mol. The summed E-state index contributed by atoms with van der Waals surface area (Å²) in [6.07, 6.45) is 7.29. The molecule has 0 saturated carbocycles. The Morgan fingerprint density at radius 3 is 1.85 bits per heavy atom. The SMILES string of the molecule is COCCOCCOCCN1C(=CC=CC=CC2=[N+](CCOCCC(=O)ON3C(=O)CCC3=O)c3ccc(S(=O)(=O)[O-])cc3C2(C)CCCS(=O)(=O)[O-])C(C)(CCCS(=O)(=O)[O-])c2cc(S(=O)(=O)[O-])ccc21. The van der Waals surface area contributed by atoms with Crippen molar-refractivity contribution >= 4 is 75.3 Å². The first kappa shape index (κ1) is 58.1. The molecule has 1 saturated heterocycles. The van der Waals surface area contributed by atoms with Crippen molar-refractivity contribution in [1.29, 1.82) is 0 Å². The van der Waals surface area contributed by atoms with E-state index in [0.717, 1.165) is 12.1 Å². The molecule has 2 atom stereocenters. The Labute approximate surface area is 419 Å². The van der Waals surface area contributed by atoms with E-state index in [4.69, 9.17) is 23.8 Å². The van der Waals surface area contributed by atoms with Crippen molar-refractivity contribution in [2.24, 2.45) is 0 Å². The molecule has 5 rings (SSSR count). The highest BCUT2D eigenvalue weighted by atomic mass is 32.2. The minimum atomic E-state index is -4.99. The van der Waals surface area contributed by atoms with Crippen molar-refractivity contribution in [3.8, 4) is 0 Å². The molecule has 0 N–H and O–H groups in total. The van der Waals surface area contributed by atoms with Crippen LogP contribution < -0.4 is 4.90 Å². The summed E-state index contributed by atoms with van der Waals surface area (Å²) in [4.78, 5) is 41.7. The van der Waals surface area contributed by atoms with Crippen LogP contribution in [0, 0.1) is 0 Å². The molecule has 2 unspecified atom stereocenters. The van der Waals surface area contributed by atoms with E-state index >= 15 is 0 Å². The van der Waals surface area contributed by atoms with Crippen LogP contribution in [0.4, 0.5) is 11.4 Å². The third kappa shape index (κ3) is 15.4. The second-order valence-corrected chi connectivity index (χ2v) is 23.1. The zero-order valence-corrected chi connectivity index (χ0v) is 43.0. The summed E-state index contributed by atoms with van der Waals surface area (Å²) in [6.45, 7) is 4.67. The van der Waals surface area contributed by atoms with Gasteiger partial charge in [-0.05, 0) is 81.5 Å². The fourth-order valence-corrected chi connectivity index (χ4v) is 10.8. The zero-order chi connectivity index (χ0) is 53.1. The summed E-state index contributed by atoms with van der Waals surface area (Å²) in [5.41, 5.74) is 0.151. The largest absolute Gasteiger partial charge is 0.748 e. The van der Waals surface area contributed by atoms with Gasteiger partial charge in [-0.15, -0.1) is 5.06 Å². The maximum atomic E-state index is 12.4. The molecule has 3 aliphatic rings. The van der Waals surface area contributed by atoms with E-state index in [2.05, 4.69) is 0 Å². The van der Waals surface area contributed by atoms with Gasteiger partial charge in [0.05, 0.1) is 81.5 Å². The van der Waals surface area contributed by atoms with Crippen LogP contribution >= 0.6 is 0 Å². The quantitative estimate of drug-likeness (QED) is 0.0369. The number of benzene rings is 2. The molecule has 0 aromatic heterocycles. The van der Waals surface area contributed by atoms with Crippen molar-refractivity contribution in [2.75, 3.05) is 82.9 Å². The number of amides is 2. The maximum Gasteiger partial charge on any atom is 0.335 e. The molecule has 1 fully saturated rings. The smallest absolute Gasteiger partial charge is 0.335 e. The molecular weight excluding hydrogens is 1030 g/mol. The Morgan fingerprint density at radius 2 is 1.25 bits per heavy atom. The Hall–Kier alpha value is -4.78. The summed E-state index contributed by atoms with van der Waals surface area (Å²) in [5, 5.41) is 0.407. The van der Waals surface area contributed by atoms with Gasteiger partial charge in [-0.25, -0.2) is 38.5 Å². The van der Waals surface area contributed by atoms with Crippen molar-refractivity contribution in [3.05, 3.63) is 83.6 Å². The summed E-state index contributed by atoms with van der Waals surface area (Å²) < 4.78 is 168.